The second kappa shape index (κ2) is 8.23. The van der Waals surface area contributed by atoms with Crippen molar-refractivity contribution in [3.63, 3.8) is 0 Å². The molecule has 0 radical (unpaired) electrons. The van der Waals surface area contributed by atoms with Gasteiger partial charge in [0.25, 0.3) is 5.91 Å². The number of likely N-dealkylation sites (tertiary alicyclic amines) is 1. The number of benzene rings is 1. The topological polar surface area (TPSA) is 65.2 Å². The summed E-state index contributed by atoms with van der Waals surface area (Å²) < 4.78 is 14.3. The third-order valence-electron chi connectivity index (χ3n) is 5.07. The van der Waals surface area contributed by atoms with Crippen molar-refractivity contribution in [2.24, 2.45) is 0 Å². The van der Waals surface area contributed by atoms with Gasteiger partial charge in [0, 0.05) is 30.9 Å². The number of carbonyl (C=O) groups excluding carboxylic acids is 2. The quantitative estimate of drug-likeness (QED) is 0.766. The number of H-pyrrole nitrogens is 1. The zero-order chi connectivity index (χ0) is 19.6. The van der Waals surface area contributed by atoms with Crippen molar-refractivity contribution >= 4 is 23.3 Å². The number of hydrogen-bond donors (Lipinski definition) is 2. The summed E-state index contributed by atoms with van der Waals surface area (Å²) in [6.45, 7) is 6.63. The SMILES string of the molecule is CCN1CCC(NC(=O)c2cc(C(=O)c3c(Cl)ccc(C)c3F)c[nH]2)CC1. The molecule has 0 spiro atoms. The predicted molar refractivity (Wildman–Crippen MR) is 103 cm³/mol. The molecule has 0 aliphatic carbocycles. The molecule has 5 nitrogen and oxygen atoms in total. The average Bonchev–Trinajstić information content (AvgIpc) is 3.16. The monoisotopic (exact) mass is 391 g/mol. The van der Waals surface area contributed by atoms with E-state index in [9.17, 15) is 14.0 Å². The first kappa shape index (κ1) is 19.6. The Hall–Kier alpha value is -2.18. The summed E-state index contributed by atoms with van der Waals surface area (Å²) in [6, 6.07) is 4.58. The van der Waals surface area contributed by atoms with E-state index in [2.05, 4.69) is 22.1 Å². The lowest BCUT2D eigenvalue weighted by Crippen LogP contribution is -2.44. The van der Waals surface area contributed by atoms with E-state index in [0.717, 1.165) is 32.5 Å². The minimum atomic E-state index is -0.637. The molecule has 0 atom stereocenters. The maximum absolute atomic E-state index is 14.3. The molecule has 1 aliphatic heterocycles. The number of halogens is 2. The van der Waals surface area contributed by atoms with Gasteiger partial charge >= 0.3 is 0 Å². The van der Waals surface area contributed by atoms with Gasteiger partial charge in [-0.25, -0.2) is 4.39 Å². The number of rotatable bonds is 5. The zero-order valence-electron chi connectivity index (χ0n) is 15.4. The Morgan fingerprint density at radius 3 is 2.70 bits per heavy atom. The molecule has 1 aliphatic rings. The van der Waals surface area contributed by atoms with Crippen molar-refractivity contribution in [3.8, 4) is 0 Å². The van der Waals surface area contributed by atoms with Crippen LogP contribution in [0.25, 0.3) is 0 Å². The molecule has 1 fully saturated rings. The highest BCUT2D eigenvalue weighted by Crippen LogP contribution is 2.25. The molecule has 2 N–H and O–H groups in total. The van der Waals surface area contributed by atoms with Crippen LogP contribution in [0.5, 0.6) is 0 Å². The van der Waals surface area contributed by atoms with E-state index < -0.39 is 11.6 Å². The second-order valence-electron chi connectivity index (χ2n) is 6.87. The highest BCUT2D eigenvalue weighted by atomic mass is 35.5. The lowest BCUT2D eigenvalue weighted by Gasteiger charge is -2.31. The molecular weight excluding hydrogens is 369 g/mol. The van der Waals surface area contributed by atoms with Gasteiger partial charge in [0.2, 0.25) is 0 Å². The van der Waals surface area contributed by atoms with Crippen molar-refractivity contribution in [1.82, 2.24) is 15.2 Å². The van der Waals surface area contributed by atoms with Gasteiger partial charge in [0.1, 0.15) is 11.5 Å². The summed E-state index contributed by atoms with van der Waals surface area (Å²) in [7, 11) is 0. The number of piperidine rings is 1. The fraction of sp³-hybridized carbons (Fsp3) is 0.400. The number of aromatic nitrogens is 1. The Kier molecular flexibility index (Phi) is 5.97. The second-order valence-corrected chi connectivity index (χ2v) is 7.27. The zero-order valence-corrected chi connectivity index (χ0v) is 16.2. The van der Waals surface area contributed by atoms with E-state index in [4.69, 9.17) is 11.6 Å². The lowest BCUT2D eigenvalue weighted by atomic mass is 10.0. The number of carbonyl (C=O) groups is 2. The van der Waals surface area contributed by atoms with Crippen LogP contribution in [0.2, 0.25) is 5.02 Å². The van der Waals surface area contributed by atoms with Gasteiger partial charge in [-0.15, -0.1) is 0 Å². The van der Waals surface area contributed by atoms with Gasteiger partial charge in [0.05, 0.1) is 10.6 Å². The maximum atomic E-state index is 14.3. The third-order valence-corrected chi connectivity index (χ3v) is 5.39. The summed E-state index contributed by atoms with van der Waals surface area (Å²) in [5.41, 5.74) is 0.650. The molecule has 1 aromatic heterocycles. The highest BCUT2D eigenvalue weighted by Gasteiger charge is 2.23. The van der Waals surface area contributed by atoms with Crippen LogP contribution in [0, 0.1) is 12.7 Å². The molecule has 27 heavy (non-hydrogen) atoms. The lowest BCUT2D eigenvalue weighted by molar-refractivity contribution is 0.0908. The molecule has 0 unspecified atom stereocenters. The first-order chi connectivity index (χ1) is 12.9. The third kappa shape index (κ3) is 4.22. The Morgan fingerprint density at radius 2 is 2.04 bits per heavy atom. The standard InChI is InChI=1S/C20H23ClFN3O2/c1-3-25-8-6-14(7-9-25)24-20(27)16-10-13(11-23-16)19(26)17-15(21)5-4-12(2)18(17)22/h4-5,10-11,14,23H,3,6-9H2,1-2H3,(H,24,27). The van der Waals surface area contributed by atoms with E-state index in [-0.39, 0.29) is 33.8 Å². The highest BCUT2D eigenvalue weighted by molar-refractivity contribution is 6.35. The van der Waals surface area contributed by atoms with Gasteiger partial charge in [0.15, 0.2) is 5.78 Å². The van der Waals surface area contributed by atoms with Crippen LogP contribution in [0.3, 0.4) is 0 Å². The van der Waals surface area contributed by atoms with Crippen molar-refractivity contribution in [1.29, 1.82) is 0 Å². The number of aryl methyl sites for hydroxylation is 1. The molecule has 0 saturated carbocycles. The molecule has 7 heteroatoms. The van der Waals surface area contributed by atoms with E-state index >= 15 is 0 Å². The van der Waals surface area contributed by atoms with Crippen molar-refractivity contribution in [3.05, 3.63) is 57.6 Å². The normalized spacial score (nSPS) is 15.7. The summed E-state index contributed by atoms with van der Waals surface area (Å²) >= 11 is 6.01. The Bertz CT molecular complexity index is 857. The van der Waals surface area contributed by atoms with Crippen LogP contribution in [-0.4, -0.2) is 47.3 Å². The number of nitrogens with one attached hydrogen (secondary N) is 2. The smallest absolute Gasteiger partial charge is 0.267 e. The maximum Gasteiger partial charge on any atom is 0.267 e. The number of nitrogens with zero attached hydrogens (tertiary/aromatic N) is 1. The van der Waals surface area contributed by atoms with E-state index in [1.165, 1.54) is 24.4 Å². The molecule has 1 saturated heterocycles. The largest absolute Gasteiger partial charge is 0.356 e. The van der Waals surface area contributed by atoms with Crippen LogP contribution in [0.4, 0.5) is 4.39 Å². The number of aromatic amines is 1. The van der Waals surface area contributed by atoms with Gasteiger partial charge in [-0.2, -0.15) is 0 Å². The molecule has 3 rings (SSSR count). The van der Waals surface area contributed by atoms with Gasteiger partial charge in [-0.05, 0) is 44.0 Å². The van der Waals surface area contributed by atoms with Gasteiger partial charge < -0.3 is 15.2 Å². The molecule has 144 valence electrons. The number of hydrogen-bond acceptors (Lipinski definition) is 3. The van der Waals surface area contributed by atoms with E-state index in [0.29, 0.717) is 5.56 Å². The number of amides is 1. The van der Waals surface area contributed by atoms with Crippen LogP contribution >= 0.6 is 11.6 Å². The van der Waals surface area contributed by atoms with Crippen molar-refractivity contribution in [2.75, 3.05) is 19.6 Å². The van der Waals surface area contributed by atoms with Gasteiger partial charge in [-0.1, -0.05) is 24.6 Å². The summed E-state index contributed by atoms with van der Waals surface area (Å²) in [4.78, 5) is 30.3. The van der Waals surface area contributed by atoms with E-state index in [1.54, 1.807) is 6.92 Å². The molecular formula is C20H23ClFN3O2. The minimum absolute atomic E-state index is 0.0537. The summed E-state index contributed by atoms with van der Waals surface area (Å²) in [6.07, 6.45) is 3.21. The average molecular weight is 392 g/mol. The predicted octanol–water partition coefficient (Wildman–Crippen LogP) is 3.56. The Labute approximate surface area is 162 Å². The molecule has 0 bridgehead atoms. The van der Waals surface area contributed by atoms with E-state index in [1.807, 2.05) is 0 Å². The first-order valence-electron chi connectivity index (χ1n) is 9.11. The molecule has 2 aromatic rings. The minimum Gasteiger partial charge on any atom is -0.356 e. The summed E-state index contributed by atoms with van der Waals surface area (Å²) in [5.74, 6) is -1.45. The van der Waals surface area contributed by atoms with Crippen LogP contribution < -0.4 is 5.32 Å². The molecule has 1 amide bonds. The number of ketones is 1. The molecule has 1 aromatic carbocycles. The van der Waals surface area contributed by atoms with Gasteiger partial charge in [-0.3, -0.25) is 9.59 Å². The fourth-order valence-electron chi connectivity index (χ4n) is 3.32. The van der Waals surface area contributed by atoms with Crippen molar-refractivity contribution in [2.45, 2.75) is 32.7 Å². The fourth-order valence-corrected chi connectivity index (χ4v) is 3.55. The van der Waals surface area contributed by atoms with Crippen LogP contribution in [-0.2, 0) is 0 Å². The van der Waals surface area contributed by atoms with Crippen LogP contribution in [0.1, 0.15) is 51.7 Å². The Morgan fingerprint density at radius 1 is 1.33 bits per heavy atom. The van der Waals surface area contributed by atoms with Crippen LogP contribution in [0.15, 0.2) is 24.4 Å². The molecule has 2 heterocycles. The Balaban J connectivity index is 1.70. The van der Waals surface area contributed by atoms with Crippen molar-refractivity contribution < 1.29 is 14.0 Å². The summed E-state index contributed by atoms with van der Waals surface area (Å²) in [5, 5.41) is 3.05. The first-order valence-corrected chi connectivity index (χ1v) is 9.49.